The highest BCUT2D eigenvalue weighted by molar-refractivity contribution is 7.91. The topological polar surface area (TPSA) is 46.2 Å². The van der Waals surface area contributed by atoms with Crippen LogP contribution >= 0.6 is 0 Å². The van der Waals surface area contributed by atoms with E-state index in [1.807, 2.05) is 0 Å². The molecular formula is C12H27NO2S. The van der Waals surface area contributed by atoms with Crippen molar-refractivity contribution in [2.45, 2.75) is 41.0 Å². The molecule has 1 unspecified atom stereocenters. The Morgan fingerprint density at radius 3 is 2.19 bits per heavy atom. The van der Waals surface area contributed by atoms with Gasteiger partial charge in [-0.1, -0.05) is 34.6 Å². The molecule has 0 heterocycles. The Morgan fingerprint density at radius 1 is 1.25 bits per heavy atom. The lowest BCUT2D eigenvalue weighted by Crippen LogP contribution is -2.37. The van der Waals surface area contributed by atoms with E-state index in [0.717, 1.165) is 19.5 Å². The Kier molecular flexibility index (Phi) is 6.56. The largest absolute Gasteiger partial charge is 0.316 e. The van der Waals surface area contributed by atoms with Crippen molar-refractivity contribution in [2.75, 3.05) is 24.6 Å². The average Bonchev–Trinajstić information content (AvgIpc) is 2.23. The fourth-order valence-electron chi connectivity index (χ4n) is 1.52. The first-order chi connectivity index (χ1) is 7.27. The molecule has 0 aliphatic carbocycles. The smallest absolute Gasteiger partial charge is 0.150 e. The van der Waals surface area contributed by atoms with Gasteiger partial charge < -0.3 is 5.32 Å². The lowest BCUT2D eigenvalue weighted by atomic mass is 9.77. The van der Waals surface area contributed by atoms with Crippen LogP contribution in [0.2, 0.25) is 0 Å². The molecule has 4 heteroatoms. The molecule has 0 bridgehead atoms. The van der Waals surface area contributed by atoms with E-state index in [-0.39, 0.29) is 11.2 Å². The first-order valence-corrected chi connectivity index (χ1v) is 8.00. The average molecular weight is 249 g/mol. The molecule has 3 nitrogen and oxygen atoms in total. The molecule has 0 amide bonds. The Bertz CT molecular complexity index is 285. The third-order valence-electron chi connectivity index (χ3n) is 3.60. The second-order valence-corrected chi connectivity index (χ2v) is 7.55. The van der Waals surface area contributed by atoms with Crippen molar-refractivity contribution in [3.63, 3.8) is 0 Å². The maximum Gasteiger partial charge on any atom is 0.150 e. The van der Waals surface area contributed by atoms with E-state index in [1.54, 1.807) is 6.92 Å². The SMILES string of the molecule is CCNCC(C)(CCS(=O)(=O)CC)C(C)C. The van der Waals surface area contributed by atoms with Crippen LogP contribution in [0.1, 0.15) is 41.0 Å². The molecule has 16 heavy (non-hydrogen) atoms. The van der Waals surface area contributed by atoms with Crippen LogP contribution in [0.4, 0.5) is 0 Å². The van der Waals surface area contributed by atoms with E-state index in [0.29, 0.717) is 11.7 Å². The van der Waals surface area contributed by atoms with E-state index in [9.17, 15) is 8.42 Å². The van der Waals surface area contributed by atoms with E-state index in [1.165, 1.54) is 0 Å². The predicted octanol–water partition coefficient (Wildman–Crippen LogP) is 2.08. The van der Waals surface area contributed by atoms with Crippen molar-refractivity contribution >= 4 is 9.84 Å². The minimum Gasteiger partial charge on any atom is -0.316 e. The molecule has 0 aromatic rings. The zero-order chi connectivity index (χ0) is 12.8. The highest BCUT2D eigenvalue weighted by atomic mass is 32.2. The summed E-state index contributed by atoms with van der Waals surface area (Å²) in [6.07, 6.45) is 0.744. The maximum atomic E-state index is 11.5. The van der Waals surface area contributed by atoms with Gasteiger partial charge in [0, 0.05) is 12.3 Å². The van der Waals surface area contributed by atoms with E-state index in [2.05, 4.69) is 33.0 Å². The summed E-state index contributed by atoms with van der Waals surface area (Å²) >= 11 is 0. The van der Waals surface area contributed by atoms with Crippen LogP contribution in [0.15, 0.2) is 0 Å². The molecule has 0 spiro atoms. The fourth-order valence-corrected chi connectivity index (χ4v) is 2.59. The van der Waals surface area contributed by atoms with Gasteiger partial charge in [-0.25, -0.2) is 8.42 Å². The predicted molar refractivity (Wildman–Crippen MR) is 70.4 cm³/mol. The highest BCUT2D eigenvalue weighted by Crippen LogP contribution is 2.30. The summed E-state index contributed by atoms with van der Waals surface area (Å²) in [4.78, 5) is 0. The molecule has 98 valence electrons. The monoisotopic (exact) mass is 249 g/mol. The fraction of sp³-hybridized carbons (Fsp3) is 1.00. The zero-order valence-electron chi connectivity index (χ0n) is 11.3. The summed E-state index contributed by atoms with van der Waals surface area (Å²) in [5, 5.41) is 3.33. The van der Waals surface area contributed by atoms with Gasteiger partial charge in [-0.05, 0) is 24.3 Å². The third kappa shape index (κ3) is 5.30. The van der Waals surface area contributed by atoms with Gasteiger partial charge in [0.2, 0.25) is 0 Å². The molecule has 0 fully saturated rings. The van der Waals surface area contributed by atoms with Crippen LogP contribution in [0.25, 0.3) is 0 Å². The van der Waals surface area contributed by atoms with Crippen LogP contribution < -0.4 is 5.32 Å². The second kappa shape index (κ2) is 6.60. The summed E-state index contributed by atoms with van der Waals surface area (Å²) in [5.74, 6) is 1.05. The van der Waals surface area contributed by atoms with Gasteiger partial charge in [-0.2, -0.15) is 0 Å². The van der Waals surface area contributed by atoms with Gasteiger partial charge in [-0.3, -0.25) is 0 Å². The first-order valence-electron chi connectivity index (χ1n) is 6.18. The Hall–Kier alpha value is -0.0900. The number of hydrogen-bond acceptors (Lipinski definition) is 3. The minimum absolute atomic E-state index is 0.0677. The molecule has 1 N–H and O–H groups in total. The molecule has 0 aromatic heterocycles. The molecule has 1 atom stereocenters. The van der Waals surface area contributed by atoms with Gasteiger partial charge in [0.15, 0.2) is 0 Å². The van der Waals surface area contributed by atoms with Crippen LogP contribution in [-0.4, -0.2) is 33.0 Å². The molecule has 0 saturated heterocycles. The van der Waals surface area contributed by atoms with Crippen molar-refractivity contribution < 1.29 is 8.42 Å². The first kappa shape index (κ1) is 15.9. The number of nitrogens with one attached hydrogen (secondary N) is 1. The summed E-state index contributed by atoms with van der Waals surface area (Å²) in [5.41, 5.74) is 0.0677. The van der Waals surface area contributed by atoms with Crippen molar-refractivity contribution in [3.8, 4) is 0 Å². The van der Waals surface area contributed by atoms with E-state index in [4.69, 9.17) is 0 Å². The van der Waals surface area contributed by atoms with Gasteiger partial charge >= 0.3 is 0 Å². The molecule has 0 aliphatic rings. The lowest BCUT2D eigenvalue weighted by molar-refractivity contribution is 0.203. The Labute approximate surface area is 101 Å². The van der Waals surface area contributed by atoms with Gasteiger partial charge in [0.1, 0.15) is 9.84 Å². The molecule has 0 rings (SSSR count). The summed E-state index contributed by atoms with van der Waals surface area (Å²) in [6, 6.07) is 0. The van der Waals surface area contributed by atoms with Gasteiger partial charge in [-0.15, -0.1) is 0 Å². The normalized spacial score (nSPS) is 16.4. The van der Waals surface area contributed by atoms with Gasteiger partial charge in [0.25, 0.3) is 0 Å². The third-order valence-corrected chi connectivity index (χ3v) is 5.30. The van der Waals surface area contributed by atoms with Crippen LogP contribution in [-0.2, 0) is 9.84 Å². The number of hydrogen-bond donors (Lipinski definition) is 1. The van der Waals surface area contributed by atoms with Crippen LogP contribution in [0.5, 0.6) is 0 Å². The standard InChI is InChI=1S/C12H27NO2S/c1-6-13-10-12(5,11(3)4)8-9-16(14,15)7-2/h11,13H,6-10H2,1-5H3. The molecule has 0 aromatic carbocycles. The van der Waals surface area contributed by atoms with Crippen LogP contribution in [0.3, 0.4) is 0 Å². The molecule has 0 aliphatic heterocycles. The van der Waals surface area contributed by atoms with E-state index >= 15 is 0 Å². The minimum atomic E-state index is -2.84. The quantitative estimate of drug-likeness (QED) is 0.716. The highest BCUT2D eigenvalue weighted by Gasteiger charge is 2.29. The van der Waals surface area contributed by atoms with Crippen molar-refractivity contribution in [3.05, 3.63) is 0 Å². The van der Waals surface area contributed by atoms with Crippen molar-refractivity contribution in [1.82, 2.24) is 5.32 Å². The van der Waals surface area contributed by atoms with E-state index < -0.39 is 9.84 Å². The summed E-state index contributed by atoms with van der Waals surface area (Å²) in [6.45, 7) is 12.1. The summed E-state index contributed by atoms with van der Waals surface area (Å²) < 4.78 is 23.0. The summed E-state index contributed by atoms with van der Waals surface area (Å²) in [7, 11) is -2.84. The van der Waals surface area contributed by atoms with Gasteiger partial charge in [0.05, 0.1) is 5.75 Å². The maximum absolute atomic E-state index is 11.5. The van der Waals surface area contributed by atoms with Crippen molar-refractivity contribution in [1.29, 1.82) is 0 Å². The lowest BCUT2D eigenvalue weighted by Gasteiger charge is -2.34. The van der Waals surface area contributed by atoms with Crippen molar-refractivity contribution in [2.24, 2.45) is 11.3 Å². The molecular weight excluding hydrogens is 222 g/mol. The number of rotatable bonds is 8. The Balaban J connectivity index is 4.45. The second-order valence-electron chi connectivity index (χ2n) is 5.08. The number of sulfone groups is 1. The molecule has 0 radical (unpaired) electrons. The molecule has 0 saturated carbocycles. The zero-order valence-corrected chi connectivity index (χ0v) is 12.2. The van der Waals surface area contributed by atoms with Crippen LogP contribution in [0, 0.1) is 11.3 Å². The Morgan fingerprint density at radius 2 is 1.81 bits per heavy atom.